The predicted octanol–water partition coefficient (Wildman–Crippen LogP) is 4.98. The number of nitrogens with zero attached hydrogens (tertiary/aromatic N) is 1. The fourth-order valence-electron chi connectivity index (χ4n) is 2.27. The number of nitrogens with one attached hydrogen (secondary N) is 1. The summed E-state index contributed by atoms with van der Waals surface area (Å²) in [6, 6.07) is 20.6. The minimum atomic E-state index is -0.223. The summed E-state index contributed by atoms with van der Waals surface area (Å²) < 4.78 is 6.67. The lowest BCUT2D eigenvalue weighted by Gasteiger charge is -2.09. The van der Waals surface area contributed by atoms with Crippen LogP contribution in [0.5, 0.6) is 5.75 Å². The number of amides is 1. The van der Waals surface area contributed by atoms with E-state index in [0.29, 0.717) is 23.7 Å². The van der Waals surface area contributed by atoms with Gasteiger partial charge in [-0.1, -0.05) is 36.4 Å². The van der Waals surface area contributed by atoms with E-state index in [1.807, 2.05) is 49.4 Å². The van der Waals surface area contributed by atoms with Crippen molar-refractivity contribution in [1.82, 2.24) is 4.98 Å². The highest BCUT2D eigenvalue weighted by Gasteiger charge is 2.09. The zero-order chi connectivity index (χ0) is 17.6. The Bertz CT molecular complexity index is 882. The van der Waals surface area contributed by atoms with Gasteiger partial charge in [0.15, 0.2) is 0 Å². The average Bonchev–Trinajstić information content (AvgIpc) is 2.64. The number of benzene rings is 2. The normalized spacial score (nSPS) is 10.3. The molecule has 0 saturated heterocycles. The van der Waals surface area contributed by atoms with E-state index in [-0.39, 0.29) is 5.91 Å². The van der Waals surface area contributed by atoms with Crippen LogP contribution < -0.4 is 10.1 Å². The second-order valence-corrected chi connectivity index (χ2v) is 6.37. The van der Waals surface area contributed by atoms with Crippen molar-refractivity contribution in [1.29, 1.82) is 0 Å². The molecule has 0 bridgehead atoms. The Morgan fingerprint density at radius 2 is 1.88 bits per heavy atom. The van der Waals surface area contributed by atoms with Crippen LogP contribution in [0.15, 0.2) is 71.2 Å². The van der Waals surface area contributed by atoms with Crippen molar-refractivity contribution in [3.63, 3.8) is 0 Å². The molecule has 1 N–H and O–H groups in total. The van der Waals surface area contributed by atoms with Gasteiger partial charge in [0.1, 0.15) is 18.2 Å². The quantitative estimate of drug-likeness (QED) is 0.661. The van der Waals surface area contributed by atoms with E-state index >= 15 is 0 Å². The molecule has 0 saturated carbocycles. The predicted molar refractivity (Wildman–Crippen MR) is 102 cm³/mol. The molecule has 2 aromatic carbocycles. The van der Waals surface area contributed by atoms with E-state index in [2.05, 4.69) is 26.2 Å². The summed E-state index contributed by atoms with van der Waals surface area (Å²) in [5.41, 5.74) is 2.41. The molecule has 1 aromatic heterocycles. The fraction of sp³-hybridized carbons (Fsp3) is 0.100. The van der Waals surface area contributed by atoms with Crippen molar-refractivity contribution in [3.05, 3.63) is 88.0 Å². The van der Waals surface area contributed by atoms with E-state index in [1.54, 1.807) is 24.3 Å². The van der Waals surface area contributed by atoms with E-state index < -0.39 is 0 Å². The molecule has 3 aromatic rings. The topological polar surface area (TPSA) is 51.2 Å². The molecule has 4 nitrogen and oxygen atoms in total. The first kappa shape index (κ1) is 17.2. The van der Waals surface area contributed by atoms with Gasteiger partial charge < -0.3 is 10.1 Å². The van der Waals surface area contributed by atoms with Gasteiger partial charge in [-0.15, -0.1) is 0 Å². The molecule has 0 spiro atoms. The number of anilines is 1. The van der Waals surface area contributed by atoms with Gasteiger partial charge in [-0.2, -0.15) is 0 Å². The lowest BCUT2D eigenvalue weighted by Crippen LogP contribution is -2.13. The van der Waals surface area contributed by atoms with Gasteiger partial charge in [-0.25, -0.2) is 4.98 Å². The highest BCUT2D eigenvalue weighted by molar-refractivity contribution is 9.10. The first-order valence-corrected chi connectivity index (χ1v) is 8.62. The molecule has 0 fully saturated rings. The molecule has 0 atom stereocenters. The monoisotopic (exact) mass is 396 g/mol. The van der Waals surface area contributed by atoms with Gasteiger partial charge >= 0.3 is 0 Å². The van der Waals surface area contributed by atoms with E-state index in [4.69, 9.17) is 4.74 Å². The summed E-state index contributed by atoms with van der Waals surface area (Å²) in [5.74, 6) is 0.942. The molecule has 5 heteroatoms. The standard InChI is InChI=1S/C20H17BrN2O2/c1-14-18(21)10-11-19(22-14)23-20(24)16-8-5-9-17(12-16)25-13-15-6-3-2-4-7-15/h2-12H,13H2,1H3,(H,22,23,24). The number of aryl methyl sites for hydroxylation is 1. The van der Waals surface area contributed by atoms with Crippen molar-refractivity contribution in [2.75, 3.05) is 5.32 Å². The number of carbonyl (C=O) groups excluding carboxylic acids is 1. The van der Waals surface area contributed by atoms with Gasteiger partial charge in [-0.05, 0) is 58.7 Å². The third-order valence-corrected chi connectivity index (χ3v) is 4.45. The Morgan fingerprint density at radius 3 is 2.64 bits per heavy atom. The van der Waals surface area contributed by atoms with Crippen LogP contribution in [0, 0.1) is 6.92 Å². The van der Waals surface area contributed by atoms with Crippen molar-refractivity contribution in [2.24, 2.45) is 0 Å². The summed E-state index contributed by atoms with van der Waals surface area (Å²) in [6.45, 7) is 2.33. The molecule has 0 aliphatic rings. The molecule has 126 valence electrons. The summed E-state index contributed by atoms with van der Waals surface area (Å²) >= 11 is 3.39. The molecule has 1 heterocycles. The number of hydrogen-bond acceptors (Lipinski definition) is 3. The zero-order valence-electron chi connectivity index (χ0n) is 13.7. The molecular weight excluding hydrogens is 380 g/mol. The van der Waals surface area contributed by atoms with Gasteiger partial charge in [0.25, 0.3) is 5.91 Å². The number of halogens is 1. The lowest BCUT2D eigenvalue weighted by atomic mass is 10.2. The Hall–Kier alpha value is -2.66. The highest BCUT2D eigenvalue weighted by atomic mass is 79.9. The van der Waals surface area contributed by atoms with Gasteiger partial charge in [-0.3, -0.25) is 4.79 Å². The molecule has 1 amide bonds. The Labute approximate surface area is 155 Å². The first-order chi connectivity index (χ1) is 12.1. The number of pyridine rings is 1. The van der Waals surface area contributed by atoms with Crippen LogP contribution in [0.2, 0.25) is 0 Å². The second-order valence-electron chi connectivity index (χ2n) is 5.52. The first-order valence-electron chi connectivity index (χ1n) is 7.83. The van der Waals surface area contributed by atoms with E-state index in [9.17, 15) is 4.79 Å². The summed E-state index contributed by atoms with van der Waals surface area (Å²) in [6.07, 6.45) is 0. The fourth-order valence-corrected chi connectivity index (χ4v) is 2.49. The molecular formula is C20H17BrN2O2. The van der Waals surface area contributed by atoms with Crippen molar-refractivity contribution < 1.29 is 9.53 Å². The van der Waals surface area contributed by atoms with E-state index in [0.717, 1.165) is 15.7 Å². The van der Waals surface area contributed by atoms with Crippen LogP contribution in [0.3, 0.4) is 0 Å². The van der Waals surface area contributed by atoms with Gasteiger partial charge in [0.2, 0.25) is 0 Å². The number of aromatic nitrogens is 1. The highest BCUT2D eigenvalue weighted by Crippen LogP contribution is 2.19. The van der Waals surface area contributed by atoms with Crippen molar-refractivity contribution in [2.45, 2.75) is 13.5 Å². The van der Waals surface area contributed by atoms with Crippen LogP contribution in [0.25, 0.3) is 0 Å². The third-order valence-electron chi connectivity index (χ3n) is 3.61. The molecule has 25 heavy (non-hydrogen) atoms. The number of hydrogen-bond donors (Lipinski definition) is 1. The number of rotatable bonds is 5. The lowest BCUT2D eigenvalue weighted by molar-refractivity contribution is 0.102. The van der Waals surface area contributed by atoms with Crippen LogP contribution in [-0.4, -0.2) is 10.9 Å². The Morgan fingerprint density at radius 1 is 1.08 bits per heavy atom. The molecule has 3 rings (SSSR count). The minimum Gasteiger partial charge on any atom is -0.489 e. The van der Waals surface area contributed by atoms with Crippen molar-refractivity contribution in [3.8, 4) is 5.75 Å². The maximum absolute atomic E-state index is 12.4. The van der Waals surface area contributed by atoms with Crippen molar-refractivity contribution >= 4 is 27.7 Å². The molecule has 0 aliphatic carbocycles. The third kappa shape index (κ3) is 4.67. The van der Waals surface area contributed by atoms with E-state index in [1.165, 1.54) is 0 Å². The van der Waals surface area contributed by atoms with Crippen LogP contribution in [0.1, 0.15) is 21.6 Å². The average molecular weight is 397 g/mol. The summed E-state index contributed by atoms with van der Waals surface area (Å²) in [5, 5.41) is 2.80. The molecule has 0 aliphatic heterocycles. The summed E-state index contributed by atoms with van der Waals surface area (Å²) in [7, 11) is 0. The summed E-state index contributed by atoms with van der Waals surface area (Å²) in [4.78, 5) is 16.7. The largest absolute Gasteiger partial charge is 0.489 e. The maximum Gasteiger partial charge on any atom is 0.256 e. The minimum absolute atomic E-state index is 0.223. The van der Waals surface area contributed by atoms with Gasteiger partial charge in [0.05, 0.1) is 5.69 Å². The van der Waals surface area contributed by atoms with Crippen LogP contribution >= 0.6 is 15.9 Å². The van der Waals surface area contributed by atoms with Gasteiger partial charge in [0, 0.05) is 10.0 Å². The maximum atomic E-state index is 12.4. The Balaban J connectivity index is 1.67. The smallest absolute Gasteiger partial charge is 0.256 e. The molecule has 0 unspecified atom stereocenters. The Kier molecular flexibility index (Phi) is 5.46. The SMILES string of the molecule is Cc1nc(NC(=O)c2cccc(OCc3ccccc3)c2)ccc1Br. The number of carbonyl (C=O) groups is 1. The zero-order valence-corrected chi connectivity index (χ0v) is 15.3. The number of ether oxygens (including phenoxy) is 1. The van der Waals surface area contributed by atoms with Crippen LogP contribution in [0.4, 0.5) is 5.82 Å². The van der Waals surface area contributed by atoms with Crippen LogP contribution in [-0.2, 0) is 6.61 Å². The molecule has 0 radical (unpaired) electrons. The second kappa shape index (κ2) is 7.94.